The molecule has 2 N–H and O–H groups in total. The van der Waals surface area contributed by atoms with E-state index in [-0.39, 0.29) is 41.5 Å². The Morgan fingerprint density at radius 3 is 2.51 bits per heavy atom. The van der Waals surface area contributed by atoms with E-state index in [1.165, 1.54) is 36.4 Å². The first-order valence-electron chi connectivity index (χ1n) is 11.9. The highest BCUT2D eigenvalue weighted by molar-refractivity contribution is 5.98. The average Bonchev–Trinajstić information content (AvgIpc) is 3.51. The Bertz CT molecular complexity index is 1580. The number of benzene rings is 3. The van der Waals surface area contributed by atoms with E-state index in [4.69, 9.17) is 14.6 Å². The number of ether oxygens (including phenoxy) is 2. The number of carboxylic acid groups (broad SMARTS) is 1. The summed E-state index contributed by atoms with van der Waals surface area (Å²) in [6.07, 6.45) is -5.57. The molecule has 0 aromatic heterocycles. The number of nitro groups is 1. The number of nitrogens with one attached hydrogen (secondary N) is 1. The Hall–Kier alpha value is -4.95. The zero-order valence-corrected chi connectivity index (χ0v) is 20.6. The number of aliphatic carboxylic acids is 1. The van der Waals surface area contributed by atoms with E-state index in [2.05, 4.69) is 5.32 Å². The van der Waals surface area contributed by atoms with Gasteiger partial charge in [0, 0.05) is 34.9 Å². The second-order valence-electron chi connectivity index (χ2n) is 9.19. The first-order chi connectivity index (χ1) is 19.4. The van der Waals surface area contributed by atoms with Gasteiger partial charge in [-0.25, -0.2) is 8.78 Å². The summed E-state index contributed by atoms with van der Waals surface area (Å²) in [5, 5.41) is 22.9. The topological polar surface area (TPSA) is 131 Å². The summed E-state index contributed by atoms with van der Waals surface area (Å²) in [4.78, 5) is 34.7. The summed E-state index contributed by atoms with van der Waals surface area (Å²) in [5.41, 5.74) is -1.45. The molecule has 0 aliphatic carbocycles. The number of hydrogen-bond acceptors (Lipinski definition) is 7. The lowest BCUT2D eigenvalue weighted by atomic mass is 9.97. The lowest BCUT2D eigenvalue weighted by Crippen LogP contribution is -2.44. The molecule has 2 heterocycles. The number of fused-ring (bicyclic) bond motifs is 2. The average molecular weight is 579 g/mol. The number of nitrogens with zero attached hydrogens (tertiary/aromatic N) is 2. The number of carbonyl (C=O) groups excluding carboxylic acids is 1. The molecule has 41 heavy (non-hydrogen) atoms. The third-order valence-electron chi connectivity index (χ3n) is 6.67. The van der Waals surface area contributed by atoms with Crippen LogP contribution in [0.4, 0.5) is 44.7 Å². The smallest absolute Gasteiger partial charge is 0.471 e. The summed E-state index contributed by atoms with van der Waals surface area (Å²) in [6, 6.07) is 7.77. The summed E-state index contributed by atoms with van der Waals surface area (Å²) in [6.45, 7) is -0.491. The Labute approximate surface area is 227 Å². The Morgan fingerprint density at radius 2 is 1.83 bits per heavy atom. The van der Waals surface area contributed by atoms with Gasteiger partial charge in [-0.05, 0) is 18.2 Å². The molecular weight excluding hydrogens is 561 g/mol. The molecule has 0 radical (unpaired) electrons. The molecule has 0 saturated carbocycles. The molecule has 3 aromatic carbocycles. The van der Waals surface area contributed by atoms with Gasteiger partial charge in [0.2, 0.25) is 0 Å². The van der Waals surface area contributed by atoms with Crippen LogP contribution in [-0.2, 0) is 9.59 Å². The molecule has 0 saturated heterocycles. The van der Waals surface area contributed by atoms with Crippen molar-refractivity contribution >= 4 is 34.6 Å². The van der Waals surface area contributed by atoms with Crippen LogP contribution in [-0.4, -0.2) is 41.3 Å². The molecule has 2 atom stereocenters. The summed E-state index contributed by atoms with van der Waals surface area (Å²) >= 11 is 0. The second-order valence-corrected chi connectivity index (χ2v) is 9.19. The molecule has 10 nitrogen and oxygen atoms in total. The maximum Gasteiger partial charge on any atom is 0.471 e. The lowest BCUT2D eigenvalue weighted by molar-refractivity contribution is -0.384. The number of alkyl halides is 3. The highest BCUT2D eigenvalue weighted by Gasteiger charge is 2.48. The fourth-order valence-corrected chi connectivity index (χ4v) is 4.86. The number of nitro benzene ring substituents is 1. The molecule has 0 fully saturated rings. The number of carboxylic acids is 1. The van der Waals surface area contributed by atoms with Crippen molar-refractivity contribution in [2.75, 3.05) is 23.4 Å². The van der Waals surface area contributed by atoms with Crippen molar-refractivity contribution in [3.8, 4) is 11.5 Å². The largest absolute Gasteiger partial charge is 0.493 e. The summed E-state index contributed by atoms with van der Waals surface area (Å²) in [7, 11) is 0. The molecule has 0 spiro atoms. The van der Waals surface area contributed by atoms with Crippen molar-refractivity contribution in [2.24, 2.45) is 0 Å². The maximum absolute atomic E-state index is 14.5. The molecule has 0 unspecified atom stereocenters. The fourth-order valence-electron chi connectivity index (χ4n) is 4.86. The van der Waals surface area contributed by atoms with Gasteiger partial charge < -0.3 is 19.9 Å². The minimum Gasteiger partial charge on any atom is -0.493 e. The van der Waals surface area contributed by atoms with E-state index >= 15 is 0 Å². The van der Waals surface area contributed by atoms with Crippen molar-refractivity contribution in [3.05, 3.63) is 81.4 Å². The van der Waals surface area contributed by atoms with Crippen LogP contribution in [0.1, 0.15) is 29.5 Å². The van der Waals surface area contributed by atoms with Crippen LogP contribution >= 0.6 is 0 Å². The van der Waals surface area contributed by atoms with Crippen LogP contribution in [0.15, 0.2) is 48.5 Å². The van der Waals surface area contributed by atoms with Crippen LogP contribution in [0.25, 0.3) is 0 Å². The van der Waals surface area contributed by atoms with Gasteiger partial charge in [-0.3, -0.25) is 24.6 Å². The monoisotopic (exact) mass is 579 g/mol. The highest BCUT2D eigenvalue weighted by atomic mass is 19.4. The van der Waals surface area contributed by atoms with Crippen molar-refractivity contribution in [1.82, 2.24) is 0 Å². The van der Waals surface area contributed by atoms with E-state index in [0.717, 1.165) is 6.07 Å². The van der Waals surface area contributed by atoms with Gasteiger partial charge >= 0.3 is 18.1 Å². The third-order valence-corrected chi connectivity index (χ3v) is 6.67. The number of para-hydroxylation sites is 1. The maximum atomic E-state index is 14.5. The quantitative estimate of drug-likeness (QED) is 0.210. The second kappa shape index (κ2) is 10.2. The van der Waals surface area contributed by atoms with Gasteiger partial charge in [-0.15, -0.1) is 0 Å². The highest BCUT2D eigenvalue weighted by Crippen LogP contribution is 2.47. The number of amides is 1. The lowest BCUT2D eigenvalue weighted by Gasteiger charge is -2.29. The van der Waals surface area contributed by atoms with E-state index in [0.29, 0.717) is 16.5 Å². The third kappa shape index (κ3) is 5.05. The van der Waals surface area contributed by atoms with Crippen LogP contribution in [0.5, 0.6) is 11.5 Å². The Kier molecular flexibility index (Phi) is 6.88. The van der Waals surface area contributed by atoms with Crippen LogP contribution in [0.2, 0.25) is 0 Å². The van der Waals surface area contributed by atoms with E-state index < -0.39 is 64.6 Å². The van der Waals surface area contributed by atoms with Gasteiger partial charge in [0.1, 0.15) is 18.1 Å². The van der Waals surface area contributed by atoms with Gasteiger partial charge in [0.15, 0.2) is 17.3 Å². The van der Waals surface area contributed by atoms with Gasteiger partial charge in [-0.1, -0.05) is 18.2 Å². The predicted octanol–water partition coefficient (Wildman–Crippen LogP) is 5.60. The van der Waals surface area contributed by atoms with Gasteiger partial charge in [0.25, 0.3) is 5.69 Å². The minimum atomic E-state index is -5.31. The number of halogens is 5. The van der Waals surface area contributed by atoms with Crippen LogP contribution in [0.3, 0.4) is 0 Å². The standard InChI is InChI=1S/C26H18F5N3O7/c27-16-6-7-18(34(38)39)23(22(16)28)32-17-3-1-2-15-19(11-41-24(15)17)33(25(37)26(29,30)31)13-4-5-14-12(8-21(35)36)10-40-20(14)9-13/h1-7,9,12,19,32H,8,10-11H2,(H,35,36)/t12-,19-/m1/s1. The van der Waals surface area contributed by atoms with Crippen molar-refractivity contribution < 1.29 is 51.0 Å². The van der Waals surface area contributed by atoms with Crippen molar-refractivity contribution in [2.45, 2.75) is 24.6 Å². The van der Waals surface area contributed by atoms with E-state index in [1.54, 1.807) is 0 Å². The van der Waals surface area contributed by atoms with E-state index in [9.17, 15) is 41.7 Å². The first kappa shape index (κ1) is 27.6. The Morgan fingerprint density at radius 1 is 1.07 bits per heavy atom. The predicted molar refractivity (Wildman–Crippen MR) is 131 cm³/mol. The SMILES string of the molecule is O=C(O)C[C@@H]1COc2cc(N(C(=O)C(F)(F)F)[C@@H]3COc4c(Nc5c([N+](=O)[O-])ccc(F)c5F)cccc43)ccc21. The number of rotatable bonds is 7. The molecule has 1 amide bonds. The number of hydrogen-bond donors (Lipinski definition) is 2. The number of carbonyl (C=O) groups is 2. The molecule has 15 heteroatoms. The van der Waals surface area contributed by atoms with Crippen LogP contribution < -0.4 is 19.7 Å². The molecule has 214 valence electrons. The van der Waals surface area contributed by atoms with Crippen LogP contribution in [0, 0.1) is 21.7 Å². The summed E-state index contributed by atoms with van der Waals surface area (Å²) in [5.74, 6) is -6.79. The number of anilines is 3. The molecule has 3 aromatic rings. The first-order valence-corrected chi connectivity index (χ1v) is 11.9. The molecule has 2 aliphatic heterocycles. The molecule has 0 bridgehead atoms. The zero-order valence-electron chi connectivity index (χ0n) is 20.6. The van der Waals surface area contributed by atoms with Crippen molar-refractivity contribution in [3.63, 3.8) is 0 Å². The van der Waals surface area contributed by atoms with E-state index in [1.807, 2.05) is 0 Å². The normalized spacial score (nSPS) is 17.2. The Balaban J connectivity index is 1.55. The minimum absolute atomic E-state index is 0.00845. The molecule has 5 rings (SSSR count). The fraction of sp³-hybridized carbons (Fsp3) is 0.231. The molecule has 2 aliphatic rings. The zero-order chi connectivity index (χ0) is 29.6. The van der Waals surface area contributed by atoms with Gasteiger partial charge in [-0.2, -0.15) is 13.2 Å². The van der Waals surface area contributed by atoms with Gasteiger partial charge in [0.05, 0.1) is 29.7 Å². The summed E-state index contributed by atoms with van der Waals surface area (Å²) < 4.78 is 80.8. The molecular formula is C26H18F5N3O7. The van der Waals surface area contributed by atoms with Crippen molar-refractivity contribution in [1.29, 1.82) is 0 Å².